The molecule has 1 amide bonds. The minimum absolute atomic E-state index is 0.113. The lowest BCUT2D eigenvalue weighted by atomic mass is 10.3. The summed E-state index contributed by atoms with van der Waals surface area (Å²) in [5, 5.41) is 10.1. The molecule has 3 rings (SSSR count). The van der Waals surface area contributed by atoms with E-state index in [1.807, 2.05) is 66.7 Å². The quantitative estimate of drug-likeness (QED) is 0.339. The van der Waals surface area contributed by atoms with Gasteiger partial charge in [0.05, 0.1) is 16.5 Å². The molecular weight excluding hydrogens is 410 g/mol. The van der Waals surface area contributed by atoms with Crippen molar-refractivity contribution in [3.8, 4) is 0 Å². The van der Waals surface area contributed by atoms with Crippen LogP contribution in [0.4, 0.5) is 17.1 Å². The van der Waals surface area contributed by atoms with E-state index in [-0.39, 0.29) is 11.7 Å². The number of nitrogens with one attached hydrogen (secondary N) is 3. The fourth-order valence-corrected chi connectivity index (χ4v) is 3.55. The van der Waals surface area contributed by atoms with Crippen LogP contribution in [-0.2, 0) is 4.79 Å². The maximum Gasteiger partial charge on any atom is 0.234 e. The molecule has 0 spiro atoms. The zero-order valence-electron chi connectivity index (χ0n) is 14.8. The molecule has 4 nitrogen and oxygen atoms in total. The van der Waals surface area contributed by atoms with Crippen LogP contribution in [0.1, 0.15) is 0 Å². The molecule has 0 saturated carbocycles. The number of hydrogen-bond donors (Lipinski definition) is 3. The van der Waals surface area contributed by atoms with Gasteiger partial charge in [-0.25, -0.2) is 0 Å². The Kier molecular flexibility index (Phi) is 7.31. The van der Waals surface area contributed by atoms with Gasteiger partial charge in [0.1, 0.15) is 0 Å². The summed E-state index contributed by atoms with van der Waals surface area (Å²) in [5.74, 6) is 0.166. The number of thioether (sulfide) groups is 1. The normalized spacial score (nSPS) is 10.2. The Hall–Kier alpha value is -2.54. The SMILES string of the molecule is O=C(CSc1cccc(NC(=S)Nc2ccccc2)c1)Nc1ccccc1Cl. The highest BCUT2D eigenvalue weighted by Crippen LogP contribution is 2.24. The molecule has 3 aromatic carbocycles. The molecular formula is C21H18ClN3OS2. The van der Waals surface area contributed by atoms with Crippen LogP contribution in [-0.4, -0.2) is 16.8 Å². The van der Waals surface area contributed by atoms with Crippen molar-refractivity contribution < 1.29 is 4.79 Å². The summed E-state index contributed by atoms with van der Waals surface area (Å²) in [6.45, 7) is 0. The van der Waals surface area contributed by atoms with Crippen molar-refractivity contribution in [2.24, 2.45) is 0 Å². The highest BCUT2D eigenvalue weighted by Gasteiger charge is 2.07. The van der Waals surface area contributed by atoms with Gasteiger partial charge in [-0.1, -0.05) is 48.0 Å². The van der Waals surface area contributed by atoms with Crippen molar-refractivity contribution in [3.63, 3.8) is 0 Å². The maximum absolute atomic E-state index is 12.2. The number of rotatable bonds is 6. The van der Waals surface area contributed by atoms with E-state index in [0.29, 0.717) is 15.8 Å². The molecule has 0 aliphatic heterocycles. The molecule has 142 valence electrons. The van der Waals surface area contributed by atoms with Gasteiger partial charge in [-0.2, -0.15) is 0 Å². The van der Waals surface area contributed by atoms with E-state index in [0.717, 1.165) is 16.3 Å². The predicted octanol–water partition coefficient (Wildman–Crippen LogP) is 5.88. The molecule has 0 aliphatic rings. The van der Waals surface area contributed by atoms with E-state index in [2.05, 4.69) is 16.0 Å². The Morgan fingerprint density at radius 3 is 2.32 bits per heavy atom. The summed E-state index contributed by atoms with van der Waals surface area (Å²) < 4.78 is 0. The molecule has 28 heavy (non-hydrogen) atoms. The van der Waals surface area contributed by atoms with E-state index in [1.165, 1.54) is 11.8 Å². The summed E-state index contributed by atoms with van der Waals surface area (Å²) in [6, 6.07) is 24.6. The fourth-order valence-electron chi connectivity index (χ4n) is 2.38. The highest BCUT2D eigenvalue weighted by atomic mass is 35.5. The first-order valence-corrected chi connectivity index (χ1v) is 10.3. The largest absolute Gasteiger partial charge is 0.332 e. The Balaban J connectivity index is 1.52. The van der Waals surface area contributed by atoms with Gasteiger partial charge < -0.3 is 16.0 Å². The van der Waals surface area contributed by atoms with E-state index < -0.39 is 0 Å². The molecule has 0 atom stereocenters. The molecule has 0 aromatic heterocycles. The van der Waals surface area contributed by atoms with Gasteiger partial charge in [-0.05, 0) is 54.7 Å². The smallest absolute Gasteiger partial charge is 0.234 e. The van der Waals surface area contributed by atoms with Crippen LogP contribution in [0.5, 0.6) is 0 Å². The molecule has 3 aromatic rings. The topological polar surface area (TPSA) is 53.2 Å². The Labute approximate surface area is 178 Å². The molecule has 3 N–H and O–H groups in total. The zero-order chi connectivity index (χ0) is 19.8. The summed E-state index contributed by atoms with van der Waals surface area (Å²) >= 11 is 12.9. The second kappa shape index (κ2) is 10.1. The summed E-state index contributed by atoms with van der Waals surface area (Å²) in [5.41, 5.74) is 2.38. The number of para-hydroxylation sites is 2. The standard InChI is InChI=1S/C21H18ClN3OS2/c22-18-11-4-5-12-19(18)25-20(26)14-28-17-10-6-9-16(13-17)24-21(27)23-15-7-2-1-3-8-15/h1-13H,14H2,(H,25,26)(H2,23,24,27). The molecule has 0 fully saturated rings. The fraction of sp³-hybridized carbons (Fsp3) is 0.0476. The van der Waals surface area contributed by atoms with Crippen LogP contribution < -0.4 is 16.0 Å². The lowest BCUT2D eigenvalue weighted by Gasteiger charge is -2.11. The second-order valence-electron chi connectivity index (χ2n) is 5.79. The molecule has 0 saturated heterocycles. The van der Waals surface area contributed by atoms with Crippen LogP contribution in [0.15, 0.2) is 83.8 Å². The van der Waals surface area contributed by atoms with Crippen LogP contribution in [0.2, 0.25) is 5.02 Å². The summed E-state index contributed by atoms with van der Waals surface area (Å²) in [6.07, 6.45) is 0. The van der Waals surface area contributed by atoms with E-state index in [1.54, 1.807) is 12.1 Å². The molecule has 0 bridgehead atoms. The second-order valence-corrected chi connectivity index (χ2v) is 7.65. The number of amides is 1. The number of hydrogen-bond acceptors (Lipinski definition) is 3. The van der Waals surface area contributed by atoms with Crippen molar-refractivity contribution in [1.29, 1.82) is 0 Å². The summed E-state index contributed by atoms with van der Waals surface area (Å²) in [4.78, 5) is 13.1. The average molecular weight is 428 g/mol. The average Bonchev–Trinajstić information content (AvgIpc) is 2.69. The van der Waals surface area contributed by atoms with Gasteiger partial charge in [0.25, 0.3) is 0 Å². The summed E-state index contributed by atoms with van der Waals surface area (Å²) in [7, 11) is 0. The van der Waals surface area contributed by atoms with Crippen molar-refractivity contribution in [1.82, 2.24) is 0 Å². The number of thiocarbonyl (C=S) groups is 1. The number of carbonyl (C=O) groups is 1. The molecule has 0 radical (unpaired) electrons. The predicted molar refractivity (Wildman–Crippen MR) is 124 cm³/mol. The third-order valence-electron chi connectivity index (χ3n) is 3.64. The zero-order valence-corrected chi connectivity index (χ0v) is 17.2. The first kappa shape index (κ1) is 20.2. The lowest BCUT2D eigenvalue weighted by Crippen LogP contribution is -2.19. The lowest BCUT2D eigenvalue weighted by molar-refractivity contribution is -0.113. The monoisotopic (exact) mass is 427 g/mol. The number of anilines is 3. The van der Waals surface area contributed by atoms with Crippen LogP contribution in [0.25, 0.3) is 0 Å². The number of halogens is 1. The highest BCUT2D eigenvalue weighted by molar-refractivity contribution is 8.00. The first-order valence-electron chi connectivity index (χ1n) is 8.50. The third-order valence-corrected chi connectivity index (χ3v) is 5.17. The number of carbonyl (C=O) groups excluding carboxylic acids is 1. The Bertz CT molecular complexity index is 967. The molecule has 0 aliphatic carbocycles. The molecule has 0 heterocycles. The molecule has 0 unspecified atom stereocenters. The first-order chi connectivity index (χ1) is 13.6. The maximum atomic E-state index is 12.2. The van der Waals surface area contributed by atoms with Crippen molar-refractivity contribution >= 4 is 63.7 Å². The van der Waals surface area contributed by atoms with Crippen LogP contribution in [0, 0.1) is 0 Å². The van der Waals surface area contributed by atoms with E-state index in [4.69, 9.17) is 23.8 Å². The van der Waals surface area contributed by atoms with Crippen LogP contribution >= 0.6 is 35.6 Å². The van der Waals surface area contributed by atoms with Gasteiger partial charge >= 0.3 is 0 Å². The van der Waals surface area contributed by atoms with Gasteiger partial charge in [-0.3, -0.25) is 4.79 Å². The third kappa shape index (κ3) is 6.27. The van der Waals surface area contributed by atoms with Crippen LogP contribution in [0.3, 0.4) is 0 Å². The van der Waals surface area contributed by atoms with Gasteiger partial charge in [0.15, 0.2) is 5.11 Å². The Morgan fingerprint density at radius 2 is 1.54 bits per heavy atom. The molecule has 7 heteroatoms. The van der Waals surface area contributed by atoms with Crippen molar-refractivity contribution in [3.05, 3.63) is 83.9 Å². The Morgan fingerprint density at radius 1 is 0.857 bits per heavy atom. The number of benzene rings is 3. The minimum atomic E-state index is -0.113. The van der Waals surface area contributed by atoms with Gasteiger partial charge in [0, 0.05) is 16.3 Å². The minimum Gasteiger partial charge on any atom is -0.332 e. The van der Waals surface area contributed by atoms with Crippen molar-refractivity contribution in [2.75, 3.05) is 21.7 Å². The van der Waals surface area contributed by atoms with Gasteiger partial charge in [-0.15, -0.1) is 11.8 Å². The van der Waals surface area contributed by atoms with Crippen molar-refractivity contribution in [2.45, 2.75) is 4.90 Å². The van der Waals surface area contributed by atoms with E-state index in [9.17, 15) is 4.79 Å². The van der Waals surface area contributed by atoms with Gasteiger partial charge in [0.2, 0.25) is 5.91 Å². The van der Waals surface area contributed by atoms with E-state index >= 15 is 0 Å².